The third kappa shape index (κ3) is 5.06. The molecule has 0 fully saturated rings. The predicted molar refractivity (Wildman–Crippen MR) is 238 cm³/mol. The molecule has 0 atom stereocenters. The first-order chi connectivity index (χ1) is 28.2. The maximum absolute atomic E-state index is 6.45. The van der Waals surface area contributed by atoms with Gasteiger partial charge in [0.25, 0.3) is 0 Å². The Hall–Kier alpha value is -7.34. The topological polar surface area (TPSA) is 43.9 Å². The molecule has 0 aliphatic carbocycles. The fourth-order valence-electron chi connectivity index (χ4n) is 8.53. The Bertz CT molecular complexity index is 3510. The molecule has 12 aromatic rings. The highest BCUT2D eigenvalue weighted by Crippen LogP contribution is 2.45. The van der Waals surface area contributed by atoms with Crippen LogP contribution in [0, 0.1) is 0 Å². The lowest BCUT2D eigenvalue weighted by Crippen LogP contribution is -1.93. The number of thiophene rings is 1. The maximum Gasteiger partial charge on any atom is 0.160 e. The molecule has 0 N–H and O–H groups in total. The van der Waals surface area contributed by atoms with E-state index in [9.17, 15) is 0 Å². The molecule has 0 radical (unpaired) electrons. The van der Waals surface area contributed by atoms with E-state index < -0.39 is 0 Å². The van der Waals surface area contributed by atoms with Gasteiger partial charge in [-0.25, -0.2) is 9.97 Å². The van der Waals surface area contributed by atoms with Crippen LogP contribution in [0.1, 0.15) is 0 Å². The van der Waals surface area contributed by atoms with E-state index in [1.807, 2.05) is 24.3 Å². The molecule has 4 heterocycles. The summed E-state index contributed by atoms with van der Waals surface area (Å²) in [6.07, 6.45) is 0. The number of hydrogen-bond donors (Lipinski definition) is 0. The molecular weight excluding hydrogens is 715 g/mol. The Morgan fingerprint density at radius 3 is 1.77 bits per heavy atom. The minimum absolute atomic E-state index is 0.732. The molecule has 12 rings (SSSR count). The molecule has 8 aromatic carbocycles. The highest BCUT2D eigenvalue weighted by atomic mass is 32.1. The van der Waals surface area contributed by atoms with Gasteiger partial charge in [0.2, 0.25) is 0 Å². The third-order valence-corrected chi connectivity index (χ3v) is 12.5. The summed E-state index contributed by atoms with van der Waals surface area (Å²) in [5.74, 6) is 0.732. The van der Waals surface area contributed by atoms with Crippen LogP contribution >= 0.6 is 11.3 Å². The smallest absolute Gasteiger partial charge is 0.160 e. The van der Waals surface area contributed by atoms with E-state index in [4.69, 9.17) is 14.4 Å². The van der Waals surface area contributed by atoms with Gasteiger partial charge in [-0.2, -0.15) is 0 Å². The van der Waals surface area contributed by atoms with Crippen LogP contribution in [-0.4, -0.2) is 14.5 Å². The number of nitrogens with zero attached hydrogens (tertiary/aromatic N) is 3. The van der Waals surface area contributed by atoms with Crippen molar-refractivity contribution in [1.29, 1.82) is 0 Å². The summed E-state index contributed by atoms with van der Waals surface area (Å²) in [6, 6.07) is 66.6. The van der Waals surface area contributed by atoms with Gasteiger partial charge in [0.1, 0.15) is 11.2 Å². The number of fused-ring (bicyclic) bond motifs is 9. The maximum atomic E-state index is 6.45. The molecule has 0 amide bonds. The summed E-state index contributed by atoms with van der Waals surface area (Å²) in [5, 5.41) is 5.81. The quantitative estimate of drug-likeness (QED) is 0.176. The van der Waals surface area contributed by atoms with E-state index in [0.29, 0.717) is 0 Å². The number of hydrogen-bond acceptors (Lipinski definition) is 4. The van der Waals surface area contributed by atoms with Crippen molar-refractivity contribution in [3.05, 3.63) is 188 Å². The largest absolute Gasteiger partial charge is 0.456 e. The number of furan rings is 1. The monoisotopic (exact) mass is 745 g/mol. The van der Waals surface area contributed by atoms with Crippen molar-refractivity contribution in [2.24, 2.45) is 0 Å². The molecule has 0 aliphatic heterocycles. The van der Waals surface area contributed by atoms with Crippen LogP contribution in [0.5, 0.6) is 0 Å². The SMILES string of the molecule is c1ccc(-c2nc(-c3ccccc3)c3sc4c(-c5ccc6oc7ccc(-c8ccc9c(c8)c8ccccc8n9-c8ccccc8)cc7c6c5)cccc4c3n2)cc1. The van der Waals surface area contributed by atoms with E-state index >= 15 is 0 Å². The molecule has 57 heavy (non-hydrogen) atoms. The molecule has 0 saturated heterocycles. The minimum Gasteiger partial charge on any atom is -0.456 e. The number of benzene rings is 8. The van der Waals surface area contributed by atoms with Gasteiger partial charge in [0.15, 0.2) is 5.82 Å². The summed E-state index contributed by atoms with van der Waals surface area (Å²) in [6.45, 7) is 0. The lowest BCUT2D eigenvalue weighted by atomic mass is 9.98. The first-order valence-electron chi connectivity index (χ1n) is 19.1. The van der Waals surface area contributed by atoms with Crippen molar-refractivity contribution in [3.63, 3.8) is 0 Å². The van der Waals surface area contributed by atoms with E-state index in [1.165, 1.54) is 37.6 Å². The Morgan fingerprint density at radius 1 is 0.404 bits per heavy atom. The molecule has 5 heteroatoms. The molecule has 266 valence electrons. The average Bonchev–Trinajstić information content (AvgIpc) is 3.96. The minimum atomic E-state index is 0.732. The van der Waals surface area contributed by atoms with E-state index in [-0.39, 0.29) is 0 Å². The van der Waals surface area contributed by atoms with Gasteiger partial charge in [-0.3, -0.25) is 0 Å². The van der Waals surface area contributed by atoms with Crippen LogP contribution in [-0.2, 0) is 0 Å². The second-order valence-electron chi connectivity index (χ2n) is 14.5. The van der Waals surface area contributed by atoms with Crippen LogP contribution in [0.2, 0.25) is 0 Å². The number of para-hydroxylation sites is 2. The zero-order chi connectivity index (χ0) is 37.5. The zero-order valence-electron chi connectivity index (χ0n) is 30.6. The van der Waals surface area contributed by atoms with Gasteiger partial charge in [0.05, 0.1) is 26.9 Å². The van der Waals surface area contributed by atoms with Crippen LogP contribution in [0.15, 0.2) is 192 Å². The predicted octanol–water partition coefficient (Wildman–Crippen LogP) is 14.5. The van der Waals surface area contributed by atoms with Gasteiger partial charge in [0, 0.05) is 48.4 Å². The van der Waals surface area contributed by atoms with Crippen LogP contribution in [0.4, 0.5) is 0 Å². The molecule has 0 saturated carbocycles. The lowest BCUT2D eigenvalue weighted by molar-refractivity contribution is 0.669. The summed E-state index contributed by atoms with van der Waals surface area (Å²) < 4.78 is 11.1. The molecule has 0 aliphatic rings. The zero-order valence-corrected chi connectivity index (χ0v) is 31.4. The van der Waals surface area contributed by atoms with E-state index in [1.54, 1.807) is 11.3 Å². The van der Waals surface area contributed by atoms with E-state index in [2.05, 4.69) is 168 Å². The highest BCUT2D eigenvalue weighted by molar-refractivity contribution is 7.26. The Morgan fingerprint density at radius 2 is 1.00 bits per heavy atom. The van der Waals surface area contributed by atoms with Crippen molar-refractivity contribution in [3.8, 4) is 50.6 Å². The normalized spacial score (nSPS) is 11.9. The average molecular weight is 746 g/mol. The van der Waals surface area contributed by atoms with Crippen molar-refractivity contribution in [1.82, 2.24) is 14.5 Å². The van der Waals surface area contributed by atoms with Gasteiger partial charge in [-0.1, -0.05) is 133 Å². The first-order valence-corrected chi connectivity index (χ1v) is 20.0. The summed E-state index contributed by atoms with van der Waals surface area (Å²) >= 11 is 1.77. The fraction of sp³-hybridized carbons (Fsp3) is 0. The van der Waals surface area contributed by atoms with Crippen molar-refractivity contribution < 1.29 is 4.42 Å². The second kappa shape index (κ2) is 12.6. The first kappa shape index (κ1) is 32.0. The molecule has 0 bridgehead atoms. The number of rotatable bonds is 5. The van der Waals surface area contributed by atoms with Crippen LogP contribution in [0.3, 0.4) is 0 Å². The Kier molecular flexibility index (Phi) is 7.06. The summed E-state index contributed by atoms with van der Waals surface area (Å²) in [4.78, 5) is 10.4. The Balaban J connectivity index is 1.01. The molecule has 4 nitrogen and oxygen atoms in total. The molecule has 0 unspecified atom stereocenters. The summed E-state index contributed by atoms with van der Waals surface area (Å²) in [7, 11) is 0. The molecule has 0 spiro atoms. The van der Waals surface area contributed by atoms with Gasteiger partial charge < -0.3 is 8.98 Å². The van der Waals surface area contributed by atoms with Crippen molar-refractivity contribution >= 4 is 75.4 Å². The van der Waals surface area contributed by atoms with Gasteiger partial charge in [-0.15, -0.1) is 11.3 Å². The van der Waals surface area contributed by atoms with Crippen molar-refractivity contribution in [2.45, 2.75) is 0 Å². The van der Waals surface area contributed by atoms with E-state index in [0.717, 1.165) is 77.0 Å². The van der Waals surface area contributed by atoms with Gasteiger partial charge in [-0.05, 0) is 76.9 Å². The summed E-state index contributed by atoms with van der Waals surface area (Å²) in [5.41, 5.74) is 14.0. The fourth-order valence-corrected chi connectivity index (χ4v) is 9.82. The molecule has 4 aromatic heterocycles. The van der Waals surface area contributed by atoms with Crippen LogP contribution < -0.4 is 0 Å². The second-order valence-corrected chi connectivity index (χ2v) is 15.6. The third-order valence-electron chi connectivity index (χ3n) is 11.2. The highest BCUT2D eigenvalue weighted by Gasteiger charge is 2.20. The van der Waals surface area contributed by atoms with Gasteiger partial charge >= 0.3 is 0 Å². The van der Waals surface area contributed by atoms with Crippen molar-refractivity contribution in [2.75, 3.05) is 0 Å². The number of aromatic nitrogens is 3. The Labute approximate surface area is 331 Å². The standard InChI is InChI=1S/C52H31N3OS/c1-4-13-32(14-5-1)48-51-49(54-52(53-48)33-15-6-2-7-16-33)40-21-12-20-38(50(40)57-51)36-25-28-47-43(31-36)42-30-35(24-27-46(42)56-47)34-23-26-45-41(29-34)39-19-10-11-22-44(39)55(45)37-17-8-3-9-18-37/h1-31H. The lowest BCUT2D eigenvalue weighted by Gasteiger charge is -2.08. The molecular formula is C52H31N3OS. The van der Waals surface area contributed by atoms with Crippen LogP contribution in [0.25, 0.3) is 115 Å².